The Morgan fingerprint density at radius 1 is 0.500 bits per heavy atom. The number of carbonyl (C=O) groups excluding carboxylic acids is 5. The number of ether oxygens (including phenoxy) is 2. The molecule has 4 amide bonds. The van der Waals surface area contributed by atoms with Gasteiger partial charge in [0, 0.05) is 28.8 Å². The van der Waals surface area contributed by atoms with Gasteiger partial charge in [0.25, 0.3) is 23.6 Å². The molecule has 0 atom stereocenters. The molecule has 12 nitrogen and oxygen atoms in total. The van der Waals surface area contributed by atoms with E-state index in [9.17, 15) is 76.3 Å². The first-order valence-corrected chi connectivity index (χ1v) is 22.2. The quantitative estimate of drug-likeness (QED) is 0.0453. The Hall–Kier alpha value is -8.06. The Morgan fingerprint density at radius 3 is 1.43 bits per heavy atom. The zero-order chi connectivity index (χ0) is 54.5. The van der Waals surface area contributed by atoms with Crippen LogP contribution in [0.3, 0.4) is 0 Å². The lowest BCUT2D eigenvalue weighted by atomic mass is 9.87. The van der Waals surface area contributed by atoms with E-state index in [2.05, 4.69) is 0 Å². The summed E-state index contributed by atoms with van der Waals surface area (Å²) >= 11 is 0. The molecule has 0 saturated heterocycles. The molecule has 6 aromatic rings. The minimum Gasteiger partial charge on any atom is -0.497 e. The lowest BCUT2D eigenvalue weighted by Crippen LogP contribution is -2.71. The third-order valence-corrected chi connectivity index (χ3v) is 12.9. The normalized spacial score (nSPS) is 14.6. The summed E-state index contributed by atoms with van der Waals surface area (Å²) in [4.78, 5) is 69.4. The number of imide groups is 2. The Kier molecular flexibility index (Phi) is 12.4. The molecule has 0 aliphatic carbocycles. The molecule has 0 saturated carbocycles. The number of methoxy groups -OCH3 is 1. The second-order valence-corrected chi connectivity index (χ2v) is 17.9. The van der Waals surface area contributed by atoms with E-state index in [1.165, 1.54) is 61.7 Å². The second-order valence-electron chi connectivity index (χ2n) is 16.5. The molecule has 1 N–H and O–H groups in total. The van der Waals surface area contributed by atoms with Crippen LogP contribution < -0.4 is 19.3 Å². The predicted molar refractivity (Wildman–Crippen MR) is 235 cm³/mol. The summed E-state index contributed by atoms with van der Waals surface area (Å²) in [5.41, 5.74) is -3.53. The van der Waals surface area contributed by atoms with Gasteiger partial charge in [-0.05, 0) is 102 Å². The van der Waals surface area contributed by atoms with Gasteiger partial charge in [-0.2, -0.15) is 61.1 Å². The van der Waals surface area contributed by atoms with E-state index >= 15 is 8.78 Å². The molecule has 0 aromatic heterocycles. The van der Waals surface area contributed by atoms with E-state index in [-0.39, 0.29) is 51.2 Å². The minimum absolute atomic E-state index is 0.00708. The second kappa shape index (κ2) is 17.6. The van der Waals surface area contributed by atoms with Crippen molar-refractivity contribution in [3.05, 3.63) is 172 Å². The van der Waals surface area contributed by atoms with Crippen LogP contribution in [0.25, 0.3) is 11.1 Å². The van der Waals surface area contributed by atoms with Crippen LogP contribution in [0.1, 0.15) is 68.5 Å². The molecule has 0 bridgehead atoms. The number of nitrogens with zero attached hydrogens (tertiary/aromatic N) is 2. The smallest absolute Gasteiger partial charge is 0.438 e. The summed E-state index contributed by atoms with van der Waals surface area (Å²) in [6.45, 7) is 0.515. The van der Waals surface area contributed by atoms with Gasteiger partial charge in [-0.15, -0.1) is 0 Å². The van der Waals surface area contributed by atoms with Crippen molar-refractivity contribution in [3.8, 4) is 28.4 Å². The monoisotopic (exact) mass is 1060 g/mol. The maximum atomic E-state index is 15.3. The number of hydrogen-bond donors (Lipinski definition) is 1. The van der Waals surface area contributed by atoms with Crippen LogP contribution in [0, 0.1) is 6.92 Å². The number of hydrogen-bond acceptors (Lipinski definition) is 9. The Morgan fingerprint density at radius 2 is 0.946 bits per heavy atom. The molecule has 2 aliphatic rings. The van der Waals surface area contributed by atoms with Crippen molar-refractivity contribution >= 4 is 50.9 Å². The van der Waals surface area contributed by atoms with Gasteiger partial charge in [0.05, 0.1) is 40.7 Å². The summed E-state index contributed by atoms with van der Waals surface area (Å²) in [6, 6.07) is 25.8. The Labute approximate surface area is 408 Å². The van der Waals surface area contributed by atoms with Gasteiger partial charge in [0.2, 0.25) is 0 Å². The zero-order valence-electron chi connectivity index (χ0n) is 37.1. The fourth-order valence-corrected chi connectivity index (χ4v) is 8.38. The Bertz CT molecular complexity index is 3500. The molecular weight excluding hydrogens is 1040 g/mol. The fourth-order valence-electron chi connectivity index (χ4n) is 7.93. The van der Waals surface area contributed by atoms with Crippen LogP contribution in [0.4, 0.5) is 64.1 Å². The van der Waals surface area contributed by atoms with Gasteiger partial charge in [-0.25, -0.2) is 9.80 Å². The van der Waals surface area contributed by atoms with Crippen LogP contribution in [0.5, 0.6) is 17.2 Å². The van der Waals surface area contributed by atoms with E-state index in [0.29, 0.717) is 35.9 Å². The first-order valence-electron chi connectivity index (χ1n) is 20.8. The van der Waals surface area contributed by atoms with E-state index in [1.54, 1.807) is 30.3 Å². The number of benzene rings is 6. The average Bonchev–Trinajstić information content (AvgIpc) is 3.75. The number of alkyl halides is 12. The molecule has 0 spiro atoms. The van der Waals surface area contributed by atoms with Crippen molar-refractivity contribution < 1.29 is 99.1 Å². The van der Waals surface area contributed by atoms with Gasteiger partial charge in [-0.3, -0.25) is 28.5 Å². The molecule has 0 radical (unpaired) electrons. The van der Waals surface area contributed by atoms with E-state index < -0.39 is 96.7 Å². The number of rotatable bonds is 15. The SMILES string of the molecule is COc1cccc(N2C(=O)c3ccc(-c4ccc5c(c4)C(=O)N(c4cccc(Oc6ccc(C(=O)c7ccc(C)c(C(F)(F)C(F)(F)C(F)(F)C(F)(F)C(F)(F)C(F)(F)S(=O)(=O)O)c7)cc6)c4)C5=O)cc3C2=O)c1. The summed E-state index contributed by atoms with van der Waals surface area (Å²) in [5, 5.41) is -7.60. The molecule has 2 heterocycles. The highest BCUT2D eigenvalue weighted by atomic mass is 32.2. The van der Waals surface area contributed by atoms with Gasteiger partial charge < -0.3 is 9.47 Å². The van der Waals surface area contributed by atoms with E-state index in [4.69, 9.17) is 14.0 Å². The zero-order valence-corrected chi connectivity index (χ0v) is 37.9. The summed E-state index contributed by atoms with van der Waals surface area (Å²) < 4.78 is 214. The summed E-state index contributed by atoms with van der Waals surface area (Å²) in [6.07, 6.45) is 0. The molecule has 0 unspecified atom stereocenters. The van der Waals surface area contributed by atoms with Crippen molar-refractivity contribution in [1.29, 1.82) is 0 Å². The van der Waals surface area contributed by atoms with E-state index in [1.807, 2.05) is 0 Å². The Balaban J connectivity index is 0.980. The molecular formula is C49H28F12N2O10S. The fraction of sp³-hybridized carbons (Fsp3) is 0.163. The molecule has 74 heavy (non-hydrogen) atoms. The third-order valence-electron chi connectivity index (χ3n) is 12.0. The van der Waals surface area contributed by atoms with Gasteiger partial charge in [0.15, 0.2) is 5.78 Å². The van der Waals surface area contributed by atoms with Crippen LogP contribution in [0.2, 0.25) is 0 Å². The number of halogens is 12. The molecule has 8 rings (SSSR count). The van der Waals surface area contributed by atoms with E-state index in [0.717, 1.165) is 34.1 Å². The van der Waals surface area contributed by atoms with Crippen LogP contribution >= 0.6 is 0 Å². The molecule has 6 aromatic carbocycles. The molecule has 0 fully saturated rings. The number of aryl methyl sites for hydroxylation is 1. The topological polar surface area (TPSA) is 165 Å². The lowest BCUT2D eigenvalue weighted by molar-refractivity contribution is -0.419. The van der Waals surface area contributed by atoms with Crippen LogP contribution in [-0.2, 0) is 16.0 Å². The van der Waals surface area contributed by atoms with Gasteiger partial charge in [0.1, 0.15) is 17.2 Å². The van der Waals surface area contributed by atoms with Crippen LogP contribution in [0.15, 0.2) is 127 Å². The van der Waals surface area contributed by atoms with Crippen LogP contribution in [-0.4, -0.2) is 78.4 Å². The largest absolute Gasteiger partial charge is 0.497 e. The average molecular weight is 1060 g/mol. The molecule has 2 aliphatic heterocycles. The maximum absolute atomic E-state index is 15.3. The van der Waals surface area contributed by atoms with Gasteiger partial charge in [-0.1, -0.05) is 36.4 Å². The number of carbonyl (C=O) groups is 5. The number of amides is 4. The maximum Gasteiger partial charge on any atom is 0.438 e. The first kappa shape index (κ1) is 52.3. The molecule has 25 heteroatoms. The van der Waals surface area contributed by atoms with Crippen molar-refractivity contribution in [2.75, 3.05) is 16.9 Å². The highest BCUT2D eigenvalue weighted by Gasteiger charge is 2.92. The number of fused-ring (bicyclic) bond motifs is 2. The van der Waals surface area contributed by atoms with Crippen molar-refractivity contribution in [3.63, 3.8) is 0 Å². The summed E-state index contributed by atoms with van der Waals surface area (Å²) in [7, 11) is -6.32. The highest BCUT2D eigenvalue weighted by molar-refractivity contribution is 7.87. The third kappa shape index (κ3) is 7.91. The molecule has 384 valence electrons. The first-order chi connectivity index (χ1) is 34.3. The van der Waals surface area contributed by atoms with Crippen molar-refractivity contribution in [2.24, 2.45) is 0 Å². The number of ketones is 1. The minimum atomic E-state index is -8.30. The lowest BCUT2D eigenvalue weighted by Gasteiger charge is -2.40. The number of anilines is 2. The summed E-state index contributed by atoms with van der Waals surface area (Å²) in [5.74, 6) is -42.7. The van der Waals surface area contributed by atoms with Crippen molar-refractivity contribution in [1.82, 2.24) is 0 Å². The predicted octanol–water partition coefficient (Wildman–Crippen LogP) is 11.4. The van der Waals surface area contributed by atoms with Crippen molar-refractivity contribution in [2.45, 2.75) is 41.8 Å². The standard InChI is InChI=1S/C49H28F12N2O10S/c1-24-9-10-28(21-38(24)44(50,51)45(52,53)46(54,55)47(56,57)48(58,59)49(60,61)74(69,70)71)39(64)25-11-15-31(16-12-25)73-33-8-4-6-30(23-33)63-41(66)35-18-14-27(20-37(35)43(63)68)26-13-17-34-36(19-26)42(67)62(40(34)65)29-5-3-7-32(22-29)72-2/h3-23H,1-2H3,(H,69,70,71). The highest BCUT2D eigenvalue weighted by Crippen LogP contribution is 2.63. The van der Waals surface area contributed by atoms with Gasteiger partial charge >= 0.3 is 45.0 Å².